The van der Waals surface area contributed by atoms with E-state index in [1.54, 1.807) is 6.92 Å². The van der Waals surface area contributed by atoms with E-state index in [4.69, 9.17) is 23.7 Å². The third kappa shape index (κ3) is 4.19. The lowest BCUT2D eigenvalue weighted by atomic mass is 9.97. The summed E-state index contributed by atoms with van der Waals surface area (Å²) in [5.41, 5.74) is 0. The van der Waals surface area contributed by atoms with Crippen LogP contribution in [0.25, 0.3) is 0 Å². The van der Waals surface area contributed by atoms with Gasteiger partial charge in [-0.25, -0.2) is 4.99 Å². The molecule has 5 atom stereocenters. The highest BCUT2D eigenvalue weighted by Gasteiger charge is 2.53. The summed E-state index contributed by atoms with van der Waals surface area (Å²) in [5, 5.41) is 0. The monoisotopic (exact) mass is 329 g/mol. The Morgan fingerprint density at radius 1 is 1.04 bits per heavy atom. The van der Waals surface area contributed by atoms with Gasteiger partial charge in [-0.05, 0) is 0 Å². The minimum atomic E-state index is -0.963. The molecule has 9 nitrogen and oxygen atoms in total. The van der Waals surface area contributed by atoms with Crippen molar-refractivity contribution in [1.82, 2.24) is 0 Å². The topological polar surface area (TPSA) is 110 Å². The molecule has 2 rings (SSSR count). The van der Waals surface area contributed by atoms with Crippen molar-refractivity contribution in [3.8, 4) is 0 Å². The average Bonchev–Trinajstić information content (AvgIpc) is 2.78. The van der Waals surface area contributed by atoms with E-state index >= 15 is 0 Å². The molecule has 3 unspecified atom stereocenters. The first-order valence-corrected chi connectivity index (χ1v) is 7.12. The fourth-order valence-corrected chi connectivity index (χ4v) is 2.53. The minimum Gasteiger partial charge on any atom is -0.463 e. The minimum absolute atomic E-state index is 0.170. The van der Waals surface area contributed by atoms with E-state index in [1.165, 1.54) is 20.8 Å². The molecule has 23 heavy (non-hydrogen) atoms. The molecule has 2 heterocycles. The second-order valence-electron chi connectivity index (χ2n) is 5.25. The van der Waals surface area contributed by atoms with Gasteiger partial charge in [0.1, 0.15) is 12.7 Å². The number of esters is 3. The molecule has 0 N–H and O–H groups in total. The van der Waals surface area contributed by atoms with Gasteiger partial charge < -0.3 is 23.7 Å². The number of ether oxygens (including phenoxy) is 5. The van der Waals surface area contributed by atoms with Crippen molar-refractivity contribution >= 4 is 23.8 Å². The van der Waals surface area contributed by atoms with Gasteiger partial charge in [-0.3, -0.25) is 14.4 Å². The Kier molecular flexibility index (Phi) is 5.19. The van der Waals surface area contributed by atoms with Crippen LogP contribution in [-0.4, -0.2) is 61.1 Å². The largest absolute Gasteiger partial charge is 0.463 e. The maximum Gasteiger partial charge on any atom is 0.303 e. The molecule has 0 aromatic heterocycles. The molecule has 0 radical (unpaired) electrons. The second-order valence-corrected chi connectivity index (χ2v) is 5.25. The van der Waals surface area contributed by atoms with E-state index in [2.05, 4.69) is 4.99 Å². The number of carbonyl (C=O) groups excluding carboxylic acids is 3. The maximum atomic E-state index is 11.4. The summed E-state index contributed by atoms with van der Waals surface area (Å²) < 4.78 is 26.5. The van der Waals surface area contributed by atoms with Gasteiger partial charge >= 0.3 is 17.9 Å². The van der Waals surface area contributed by atoms with Crippen LogP contribution in [0.15, 0.2) is 4.99 Å². The lowest BCUT2D eigenvalue weighted by Crippen LogP contribution is -2.60. The van der Waals surface area contributed by atoms with Gasteiger partial charge in [-0.1, -0.05) is 0 Å². The van der Waals surface area contributed by atoms with Crippen LogP contribution in [0.5, 0.6) is 0 Å². The van der Waals surface area contributed by atoms with Crippen molar-refractivity contribution in [3.05, 3.63) is 0 Å². The van der Waals surface area contributed by atoms with Crippen LogP contribution in [-0.2, 0) is 38.1 Å². The third-order valence-corrected chi connectivity index (χ3v) is 3.29. The van der Waals surface area contributed by atoms with E-state index in [0.717, 1.165) is 0 Å². The molecular formula is C14H19NO8. The zero-order valence-corrected chi connectivity index (χ0v) is 13.3. The summed E-state index contributed by atoms with van der Waals surface area (Å²) in [6.45, 7) is 5.17. The molecule has 0 aromatic rings. The van der Waals surface area contributed by atoms with Gasteiger partial charge in [0.25, 0.3) is 0 Å². The molecule has 0 aromatic carbocycles. The Hall–Kier alpha value is -2.16. The number of hydrogen-bond donors (Lipinski definition) is 0. The fourth-order valence-electron chi connectivity index (χ4n) is 2.53. The zero-order valence-electron chi connectivity index (χ0n) is 13.3. The number of rotatable bonds is 4. The third-order valence-electron chi connectivity index (χ3n) is 3.29. The highest BCUT2D eigenvalue weighted by Crippen LogP contribution is 2.32. The molecule has 2 aliphatic heterocycles. The first-order chi connectivity index (χ1) is 10.8. The maximum absolute atomic E-state index is 11.4. The molecular weight excluding hydrogens is 310 g/mol. The quantitative estimate of drug-likeness (QED) is 0.522. The van der Waals surface area contributed by atoms with E-state index in [9.17, 15) is 14.4 Å². The first kappa shape index (κ1) is 17.2. The average molecular weight is 329 g/mol. The van der Waals surface area contributed by atoms with Crippen molar-refractivity contribution in [1.29, 1.82) is 0 Å². The predicted molar refractivity (Wildman–Crippen MR) is 74.4 cm³/mol. The van der Waals surface area contributed by atoms with Crippen LogP contribution in [0.2, 0.25) is 0 Å². The van der Waals surface area contributed by atoms with E-state index in [1.807, 2.05) is 0 Å². The number of carbonyl (C=O) groups is 3. The summed E-state index contributed by atoms with van der Waals surface area (Å²) >= 11 is 0. The molecule has 1 fully saturated rings. The summed E-state index contributed by atoms with van der Waals surface area (Å²) in [5.74, 6) is -1.28. The molecule has 0 bridgehead atoms. The Morgan fingerprint density at radius 3 is 2.22 bits per heavy atom. The van der Waals surface area contributed by atoms with E-state index in [-0.39, 0.29) is 6.61 Å². The predicted octanol–water partition coefficient (Wildman–Crippen LogP) is -0.0450. The van der Waals surface area contributed by atoms with Crippen LogP contribution >= 0.6 is 0 Å². The summed E-state index contributed by atoms with van der Waals surface area (Å²) in [6, 6.07) is -0.656. The molecule has 128 valence electrons. The number of aliphatic imine (C=N–C) groups is 1. The van der Waals surface area contributed by atoms with Crippen molar-refractivity contribution in [2.75, 3.05) is 6.61 Å². The van der Waals surface area contributed by atoms with Crippen molar-refractivity contribution < 1.29 is 38.1 Å². The summed E-state index contributed by atoms with van der Waals surface area (Å²) in [6.07, 6.45) is -3.50. The standard InChI is InChI=1S/C14H19NO8/c1-6-15-11-13(22-9(4)18)12(21-8(3)17)10(5-19-7(2)16)23-14(11)20-6/h10-14H,5H2,1-4H3/t10?,11?,12-,13+,14?/m0/s1. The fraction of sp³-hybridized carbons (Fsp3) is 0.714. The van der Waals surface area contributed by atoms with E-state index < -0.39 is 48.6 Å². The van der Waals surface area contributed by atoms with Gasteiger partial charge in [-0.2, -0.15) is 0 Å². The summed E-state index contributed by atoms with van der Waals surface area (Å²) in [7, 11) is 0. The molecule has 0 amide bonds. The van der Waals surface area contributed by atoms with Crippen LogP contribution < -0.4 is 0 Å². The Balaban J connectivity index is 2.26. The number of hydrogen-bond acceptors (Lipinski definition) is 9. The van der Waals surface area contributed by atoms with Crippen LogP contribution in [0.4, 0.5) is 0 Å². The Morgan fingerprint density at radius 2 is 1.65 bits per heavy atom. The Bertz CT molecular complexity index is 531. The van der Waals surface area contributed by atoms with Crippen LogP contribution in [0, 0.1) is 0 Å². The normalized spacial score (nSPS) is 32.2. The van der Waals surface area contributed by atoms with Gasteiger partial charge in [0.15, 0.2) is 24.1 Å². The Labute approximate surface area is 132 Å². The molecule has 1 saturated heterocycles. The lowest BCUT2D eigenvalue weighted by Gasteiger charge is -2.40. The molecule has 2 aliphatic rings. The molecule has 9 heteroatoms. The van der Waals surface area contributed by atoms with Crippen LogP contribution in [0.1, 0.15) is 27.7 Å². The van der Waals surface area contributed by atoms with Gasteiger partial charge in [0.05, 0.1) is 0 Å². The highest BCUT2D eigenvalue weighted by molar-refractivity contribution is 5.75. The van der Waals surface area contributed by atoms with Crippen molar-refractivity contribution in [2.45, 2.75) is 58.3 Å². The number of nitrogens with zero attached hydrogens (tertiary/aromatic N) is 1. The zero-order chi connectivity index (χ0) is 17.1. The van der Waals surface area contributed by atoms with Crippen LogP contribution in [0.3, 0.4) is 0 Å². The smallest absolute Gasteiger partial charge is 0.303 e. The van der Waals surface area contributed by atoms with E-state index in [0.29, 0.717) is 5.90 Å². The summed E-state index contributed by atoms with van der Waals surface area (Å²) in [4.78, 5) is 38.1. The molecule has 0 spiro atoms. The first-order valence-electron chi connectivity index (χ1n) is 7.12. The second kappa shape index (κ2) is 6.95. The molecule has 0 saturated carbocycles. The number of fused-ring (bicyclic) bond motifs is 1. The van der Waals surface area contributed by atoms with Gasteiger partial charge in [0, 0.05) is 27.7 Å². The van der Waals surface area contributed by atoms with Crippen molar-refractivity contribution in [2.24, 2.45) is 4.99 Å². The highest BCUT2D eigenvalue weighted by atomic mass is 16.7. The SMILES string of the molecule is CC(=O)OCC1OC2OC(C)=NC2[C@@H](OC(C)=O)[C@H]1OC(C)=O. The van der Waals surface area contributed by atoms with Gasteiger partial charge in [-0.15, -0.1) is 0 Å². The van der Waals surface area contributed by atoms with Gasteiger partial charge in [0.2, 0.25) is 6.29 Å². The van der Waals surface area contributed by atoms with Crippen molar-refractivity contribution in [3.63, 3.8) is 0 Å². The lowest BCUT2D eigenvalue weighted by molar-refractivity contribution is -0.249. The molecule has 0 aliphatic carbocycles.